The van der Waals surface area contributed by atoms with Crippen LogP contribution in [0.2, 0.25) is 0 Å². The summed E-state index contributed by atoms with van der Waals surface area (Å²) >= 11 is 1.68. The van der Waals surface area contributed by atoms with Gasteiger partial charge in [0.25, 0.3) is 0 Å². The third-order valence-corrected chi connectivity index (χ3v) is 5.92. The third-order valence-electron chi connectivity index (χ3n) is 4.91. The Balaban J connectivity index is 2.04. The van der Waals surface area contributed by atoms with Crippen molar-refractivity contribution in [3.63, 3.8) is 0 Å². The number of amides is 2. The maximum Gasteiger partial charge on any atom is 0.242 e. The van der Waals surface area contributed by atoms with Crippen molar-refractivity contribution in [3.8, 4) is 0 Å². The van der Waals surface area contributed by atoms with E-state index >= 15 is 0 Å². The first kappa shape index (κ1) is 24.0. The fourth-order valence-electron chi connectivity index (χ4n) is 3.31. The largest absolute Gasteiger partial charge is 0.352 e. The van der Waals surface area contributed by atoms with E-state index in [4.69, 9.17) is 0 Å². The number of benzene rings is 2. The molecule has 0 aliphatic rings. The molecule has 1 atom stereocenters. The van der Waals surface area contributed by atoms with Crippen molar-refractivity contribution in [1.29, 1.82) is 0 Å². The summed E-state index contributed by atoms with van der Waals surface area (Å²) in [5, 5.41) is 2.98. The van der Waals surface area contributed by atoms with Crippen LogP contribution in [0.25, 0.3) is 0 Å². The average Bonchev–Trinajstić information content (AvgIpc) is 2.72. The summed E-state index contributed by atoms with van der Waals surface area (Å²) in [5.74, 6) is 0.669. The highest BCUT2D eigenvalue weighted by molar-refractivity contribution is 7.99. The average molecular weight is 427 g/mol. The molecule has 1 N–H and O–H groups in total. The van der Waals surface area contributed by atoms with Crippen molar-refractivity contribution in [3.05, 3.63) is 65.7 Å². The number of aryl methyl sites for hydroxylation is 1. The number of carbonyl (C=O) groups excluding carboxylic acids is 2. The van der Waals surface area contributed by atoms with Crippen LogP contribution in [0.5, 0.6) is 0 Å². The van der Waals surface area contributed by atoms with E-state index in [1.165, 1.54) is 11.1 Å². The molecule has 0 spiro atoms. The molecule has 162 valence electrons. The summed E-state index contributed by atoms with van der Waals surface area (Å²) in [7, 11) is 0. The Morgan fingerprint density at radius 2 is 1.70 bits per heavy atom. The molecule has 0 heterocycles. The zero-order valence-corrected chi connectivity index (χ0v) is 19.4. The minimum atomic E-state index is -0.437. The van der Waals surface area contributed by atoms with Gasteiger partial charge in [-0.05, 0) is 51.3 Å². The van der Waals surface area contributed by atoms with Gasteiger partial charge in [0.05, 0.1) is 0 Å². The van der Waals surface area contributed by atoms with E-state index in [1.807, 2.05) is 39.0 Å². The fourth-order valence-corrected chi connectivity index (χ4v) is 4.15. The molecule has 0 aliphatic heterocycles. The molecule has 4 nitrogen and oxygen atoms in total. The Kier molecular flexibility index (Phi) is 9.95. The zero-order chi connectivity index (χ0) is 21.9. The quantitative estimate of drug-likeness (QED) is 0.523. The van der Waals surface area contributed by atoms with Gasteiger partial charge in [0, 0.05) is 29.7 Å². The Hall–Kier alpha value is -2.27. The van der Waals surface area contributed by atoms with Crippen LogP contribution in [0, 0.1) is 6.92 Å². The van der Waals surface area contributed by atoms with Gasteiger partial charge in [0.15, 0.2) is 0 Å². The minimum absolute atomic E-state index is 0.0382. The van der Waals surface area contributed by atoms with Crippen molar-refractivity contribution in [1.82, 2.24) is 10.2 Å². The van der Waals surface area contributed by atoms with Crippen LogP contribution in [0.1, 0.15) is 44.7 Å². The molecule has 0 radical (unpaired) electrons. The number of carbonyl (C=O) groups is 2. The summed E-state index contributed by atoms with van der Waals surface area (Å²) in [6.45, 7) is 8.46. The van der Waals surface area contributed by atoms with Crippen molar-refractivity contribution >= 4 is 23.6 Å². The molecule has 5 heteroatoms. The predicted molar refractivity (Wildman–Crippen MR) is 126 cm³/mol. The van der Waals surface area contributed by atoms with Gasteiger partial charge in [-0.15, -0.1) is 11.8 Å². The highest BCUT2D eigenvalue weighted by atomic mass is 32.2. The van der Waals surface area contributed by atoms with Crippen molar-refractivity contribution < 1.29 is 9.59 Å². The summed E-state index contributed by atoms with van der Waals surface area (Å²) in [5.41, 5.74) is 2.40. The molecule has 2 aromatic rings. The molecule has 0 aromatic heterocycles. The monoisotopic (exact) mass is 426 g/mol. The van der Waals surface area contributed by atoms with E-state index in [-0.39, 0.29) is 17.9 Å². The number of rotatable bonds is 11. The lowest BCUT2D eigenvalue weighted by molar-refractivity contribution is -0.140. The molecule has 0 saturated heterocycles. The topological polar surface area (TPSA) is 49.4 Å². The van der Waals surface area contributed by atoms with Gasteiger partial charge in [-0.25, -0.2) is 0 Å². The number of thioether (sulfide) groups is 1. The van der Waals surface area contributed by atoms with Crippen LogP contribution < -0.4 is 5.32 Å². The highest BCUT2D eigenvalue weighted by Crippen LogP contribution is 2.20. The summed E-state index contributed by atoms with van der Waals surface area (Å²) in [6.07, 6.45) is 1.76. The summed E-state index contributed by atoms with van der Waals surface area (Å²) in [6, 6.07) is 18.1. The van der Waals surface area contributed by atoms with Crippen LogP contribution >= 0.6 is 11.8 Å². The van der Waals surface area contributed by atoms with E-state index in [0.717, 1.165) is 11.3 Å². The van der Waals surface area contributed by atoms with Gasteiger partial charge in [-0.1, -0.05) is 55.0 Å². The van der Waals surface area contributed by atoms with Crippen molar-refractivity contribution in [2.75, 3.05) is 12.3 Å². The molecular formula is C25H34N2O2S. The van der Waals surface area contributed by atoms with Gasteiger partial charge in [0.1, 0.15) is 6.04 Å². The van der Waals surface area contributed by atoms with Crippen molar-refractivity contribution in [2.24, 2.45) is 0 Å². The maximum atomic E-state index is 13.1. The highest BCUT2D eigenvalue weighted by Gasteiger charge is 2.28. The lowest BCUT2D eigenvalue weighted by atomic mass is 10.1. The lowest BCUT2D eigenvalue weighted by Gasteiger charge is -2.31. The second-order valence-electron chi connectivity index (χ2n) is 7.82. The normalized spacial score (nSPS) is 11.9. The van der Waals surface area contributed by atoms with Gasteiger partial charge < -0.3 is 10.2 Å². The Morgan fingerprint density at radius 1 is 1.03 bits per heavy atom. The first-order valence-electron chi connectivity index (χ1n) is 10.7. The number of nitrogens with one attached hydrogen (secondary N) is 1. The summed E-state index contributed by atoms with van der Waals surface area (Å²) in [4.78, 5) is 28.8. The fraction of sp³-hybridized carbons (Fsp3) is 0.440. The molecule has 0 unspecified atom stereocenters. The molecule has 2 rings (SSSR count). The second-order valence-corrected chi connectivity index (χ2v) is 8.99. The smallest absolute Gasteiger partial charge is 0.242 e. The van der Waals surface area contributed by atoms with Gasteiger partial charge >= 0.3 is 0 Å². The Bertz CT molecular complexity index is 791. The molecule has 2 aromatic carbocycles. The molecule has 0 aliphatic carbocycles. The van der Waals surface area contributed by atoms with Crippen molar-refractivity contribution in [2.45, 2.75) is 63.9 Å². The van der Waals surface area contributed by atoms with E-state index in [1.54, 1.807) is 16.7 Å². The Morgan fingerprint density at radius 3 is 2.30 bits per heavy atom. The third kappa shape index (κ3) is 7.86. The standard InChI is InChI=1S/C25H34N2O2S/c1-5-23(25(29)26-19(2)3)27(17-15-21-9-7-6-8-10-21)24(28)16-18-30-22-13-11-20(4)12-14-22/h6-14,19,23H,5,15-18H2,1-4H3,(H,26,29)/t23-/m1/s1. The van der Waals surface area contributed by atoms with Gasteiger partial charge in [0.2, 0.25) is 11.8 Å². The SMILES string of the molecule is CC[C@H](C(=O)NC(C)C)N(CCc1ccccc1)C(=O)CCSc1ccc(C)cc1. The van der Waals surface area contributed by atoms with Crippen LogP contribution in [0.15, 0.2) is 59.5 Å². The number of hydrogen-bond acceptors (Lipinski definition) is 3. The second kappa shape index (κ2) is 12.4. The van der Waals surface area contributed by atoms with Crippen LogP contribution in [-0.4, -0.2) is 41.1 Å². The van der Waals surface area contributed by atoms with Crippen LogP contribution in [0.3, 0.4) is 0 Å². The molecule has 2 amide bonds. The van der Waals surface area contributed by atoms with Crippen LogP contribution in [-0.2, 0) is 16.0 Å². The van der Waals surface area contributed by atoms with Gasteiger partial charge in [-0.3, -0.25) is 9.59 Å². The summed E-state index contributed by atoms with van der Waals surface area (Å²) < 4.78 is 0. The number of hydrogen-bond donors (Lipinski definition) is 1. The molecule has 0 bridgehead atoms. The molecule has 0 saturated carbocycles. The Labute approximate surface area is 185 Å². The van der Waals surface area contributed by atoms with E-state index in [0.29, 0.717) is 25.1 Å². The van der Waals surface area contributed by atoms with Crippen LogP contribution in [0.4, 0.5) is 0 Å². The predicted octanol–water partition coefficient (Wildman–Crippen LogP) is 4.85. The van der Waals surface area contributed by atoms with E-state index < -0.39 is 6.04 Å². The lowest BCUT2D eigenvalue weighted by Crippen LogP contribution is -2.51. The first-order valence-corrected chi connectivity index (χ1v) is 11.7. The molecule has 0 fully saturated rings. The number of nitrogens with zero attached hydrogens (tertiary/aromatic N) is 1. The minimum Gasteiger partial charge on any atom is -0.352 e. The molecular weight excluding hydrogens is 392 g/mol. The maximum absolute atomic E-state index is 13.1. The molecule has 30 heavy (non-hydrogen) atoms. The van der Waals surface area contributed by atoms with E-state index in [9.17, 15) is 9.59 Å². The zero-order valence-electron chi connectivity index (χ0n) is 18.6. The van der Waals surface area contributed by atoms with Gasteiger partial charge in [-0.2, -0.15) is 0 Å². The van der Waals surface area contributed by atoms with E-state index in [2.05, 4.69) is 48.6 Å². The first-order chi connectivity index (χ1) is 14.4.